The topological polar surface area (TPSA) is 107 Å². The second-order valence-corrected chi connectivity index (χ2v) is 11.5. The molecule has 1 saturated heterocycles. The van der Waals surface area contributed by atoms with Gasteiger partial charge >= 0.3 is 6.09 Å². The molecule has 3 atom stereocenters. The second kappa shape index (κ2) is 14.1. The number of aryl methyl sites for hydroxylation is 1. The zero-order chi connectivity index (χ0) is 29.3. The van der Waals surface area contributed by atoms with Crippen molar-refractivity contribution in [2.75, 3.05) is 6.54 Å². The van der Waals surface area contributed by atoms with Crippen LogP contribution in [0.1, 0.15) is 83.4 Å². The van der Waals surface area contributed by atoms with E-state index in [4.69, 9.17) is 0 Å². The highest BCUT2D eigenvalue weighted by atomic mass is 16.4. The molecule has 2 N–H and O–H groups in total. The molecule has 0 aliphatic carbocycles. The highest BCUT2D eigenvalue weighted by Gasteiger charge is 2.48. The monoisotopic (exact) mass is 549 g/mol. The number of hydrogen-bond acceptors (Lipinski definition) is 4. The number of rotatable bonds is 13. The number of nitrogens with zero attached hydrogens (tertiary/aromatic N) is 2. The fraction of sp³-hybridized carbons (Fsp3) is 0.500. The number of carboxylic acid groups (broad SMARTS) is 1. The third-order valence-corrected chi connectivity index (χ3v) is 7.60. The maximum atomic E-state index is 13.6. The number of nitrogens with one attached hydrogen (secondary N) is 1. The Bertz CT molecular complexity index is 1150. The summed E-state index contributed by atoms with van der Waals surface area (Å²) in [6, 6.07) is 17.6. The SMILES string of the molecule is CCCC[C@@H](C(=O)C(=O)NC(C)c1ccccc1)N(C(=O)O)C1CC(C)(C)CN1C(=O)CCCc1ccccc1. The van der Waals surface area contributed by atoms with E-state index >= 15 is 0 Å². The first-order valence-corrected chi connectivity index (χ1v) is 14.3. The first-order chi connectivity index (χ1) is 19.0. The van der Waals surface area contributed by atoms with Crippen LogP contribution in [-0.2, 0) is 20.8 Å². The van der Waals surface area contributed by atoms with Gasteiger partial charge in [-0.15, -0.1) is 0 Å². The maximum absolute atomic E-state index is 13.6. The average Bonchev–Trinajstić information content (AvgIpc) is 3.25. The number of amides is 3. The molecule has 1 fully saturated rings. The molecule has 2 aromatic rings. The summed E-state index contributed by atoms with van der Waals surface area (Å²) in [5.41, 5.74) is 1.64. The smallest absolute Gasteiger partial charge is 0.409 e. The van der Waals surface area contributed by atoms with E-state index in [2.05, 4.69) is 5.32 Å². The predicted molar refractivity (Wildman–Crippen MR) is 154 cm³/mol. The van der Waals surface area contributed by atoms with Crippen molar-refractivity contribution in [1.29, 1.82) is 0 Å². The zero-order valence-electron chi connectivity index (χ0n) is 24.1. The normalized spacial score (nSPS) is 17.6. The van der Waals surface area contributed by atoms with Gasteiger partial charge in [-0.2, -0.15) is 0 Å². The van der Waals surface area contributed by atoms with Crippen LogP contribution in [0.3, 0.4) is 0 Å². The van der Waals surface area contributed by atoms with Gasteiger partial charge in [0.25, 0.3) is 5.91 Å². The first-order valence-electron chi connectivity index (χ1n) is 14.3. The summed E-state index contributed by atoms with van der Waals surface area (Å²) >= 11 is 0. The van der Waals surface area contributed by atoms with Gasteiger partial charge in [0.15, 0.2) is 0 Å². The summed E-state index contributed by atoms with van der Waals surface area (Å²) in [7, 11) is 0. The van der Waals surface area contributed by atoms with Crippen molar-refractivity contribution in [2.45, 2.75) is 90.9 Å². The Kier molecular flexibility index (Phi) is 10.9. The molecule has 8 nitrogen and oxygen atoms in total. The summed E-state index contributed by atoms with van der Waals surface area (Å²) in [5, 5.41) is 13.1. The number of hydrogen-bond donors (Lipinski definition) is 2. The minimum Gasteiger partial charge on any atom is -0.465 e. The highest BCUT2D eigenvalue weighted by molar-refractivity contribution is 6.38. The summed E-state index contributed by atoms with van der Waals surface area (Å²) in [6.07, 6.45) is 1.44. The molecule has 8 heteroatoms. The van der Waals surface area contributed by atoms with Crippen LogP contribution in [-0.4, -0.2) is 57.3 Å². The Balaban J connectivity index is 1.80. The number of ketones is 1. The van der Waals surface area contributed by atoms with Crippen molar-refractivity contribution in [1.82, 2.24) is 15.1 Å². The lowest BCUT2D eigenvalue weighted by atomic mass is 9.91. The van der Waals surface area contributed by atoms with Gasteiger partial charge in [-0.05, 0) is 49.1 Å². The van der Waals surface area contributed by atoms with Crippen LogP contribution >= 0.6 is 0 Å². The van der Waals surface area contributed by atoms with Crippen molar-refractivity contribution in [2.24, 2.45) is 5.41 Å². The largest absolute Gasteiger partial charge is 0.465 e. The van der Waals surface area contributed by atoms with Crippen LogP contribution in [0.2, 0.25) is 0 Å². The zero-order valence-corrected chi connectivity index (χ0v) is 24.1. The van der Waals surface area contributed by atoms with E-state index in [1.165, 1.54) is 0 Å². The molecule has 0 aromatic heterocycles. The summed E-state index contributed by atoms with van der Waals surface area (Å²) in [4.78, 5) is 55.6. The van der Waals surface area contributed by atoms with Gasteiger partial charge < -0.3 is 15.3 Å². The van der Waals surface area contributed by atoms with Crippen LogP contribution in [0.4, 0.5) is 4.79 Å². The molecule has 1 aliphatic heterocycles. The van der Waals surface area contributed by atoms with E-state index in [0.29, 0.717) is 25.8 Å². The van der Waals surface area contributed by atoms with Crippen LogP contribution in [0.25, 0.3) is 0 Å². The van der Waals surface area contributed by atoms with Crippen molar-refractivity contribution in [3.8, 4) is 0 Å². The van der Waals surface area contributed by atoms with E-state index in [9.17, 15) is 24.3 Å². The Morgan fingerprint density at radius 3 is 2.25 bits per heavy atom. The molecule has 40 heavy (non-hydrogen) atoms. The lowest BCUT2D eigenvalue weighted by Crippen LogP contribution is -2.58. The molecule has 0 saturated carbocycles. The van der Waals surface area contributed by atoms with E-state index < -0.39 is 36.0 Å². The van der Waals surface area contributed by atoms with E-state index in [1.807, 2.05) is 81.4 Å². The lowest BCUT2D eigenvalue weighted by Gasteiger charge is -2.38. The molecule has 3 rings (SSSR count). The van der Waals surface area contributed by atoms with Gasteiger partial charge in [0.2, 0.25) is 11.7 Å². The third kappa shape index (κ3) is 8.16. The first kappa shape index (κ1) is 30.9. The maximum Gasteiger partial charge on any atom is 0.409 e. The predicted octanol–water partition coefficient (Wildman–Crippen LogP) is 5.58. The molecule has 1 aliphatic rings. The fourth-order valence-electron chi connectivity index (χ4n) is 5.48. The van der Waals surface area contributed by atoms with Gasteiger partial charge in [-0.1, -0.05) is 94.3 Å². The number of unbranched alkanes of at least 4 members (excludes halogenated alkanes) is 1. The van der Waals surface area contributed by atoms with Crippen LogP contribution in [0.15, 0.2) is 60.7 Å². The Morgan fingerprint density at radius 1 is 1.02 bits per heavy atom. The van der Waals surface area contributed by atoms with Crippen LogP contribution in [0, 0.1) is 5.41 Å². The van der Waals surface area contributed by atoms with Crippen LogP contribution < -0.4 is 5.32 Å². The van der Waals surface area contributed by atoms with E-state index in [1.54, 1.807) is 11.8 Å². The molecule has 3 amide bonds. The Morgan fingerprint density at radius 2 is 1.65 bits per heavy atom. The van der Waals surface area contributed by atoms with Gasteiger partial charge in [0.05, 0.1) is 6.04 Å². The number of Topliss-reactive ketones (excluding diaryl/α,β-unsaturated/α-hetero) is 1. The third-order valence-electron chi connectivity index (χ3n) is 7.60. The molecule has 1 heterocycles. The van der Waals surface area contributed by atoms with Gasteiger partial charge in [0, 0.05) is 13.0 Å². The standard InChI is InChI=1S/C32H43N3O5/c1-5-6-19-26(29(37)30(38)33-23(2)25-17-11-8-12-18-25)35(31(39)40)27-21-32(3,4)22-34(27)28(36)20-13-16-24-14-9-7-10-15-24/h7-12,14-15,17-18,23,26-27H,5-6,13,16,19-22H2,1-4H3,(H,33,38)(H,39,40)/t23?,26-,27?/m0/s1. The van der Waals surface area contributed by atoms with Crippen LogP contribution in [0.5, 0.6) is 0 Å². The van der Waals surface area contributed by atoms with Gasteiger partial charge in [-0.3, -0.25) is 19.3 Å². The van der Waals surface area contributed by atoms with Crippen molar-refractivity contribution in [3.63, 3.8) is 0 Å². The van der Waals surface area contributed by atoms with Gasteiger partial charge in [0.1, 0.15) is 12.2 Å². The number of benzene rings is 2. The molecular formula is C32H43N3O5. The van der Waals surface area contributed by atoms with Crippen molar-refractivity contribution < 1.29 is 24.3 Å². The lowest BCUT2D eigenvalue weighted by molar-refractivity contribution is -0.144. The minimum atomic E-state index is -1.30. The van der Waals surface area contributed by atoms with E-state index in [0.717, 1.165) is 28.9 Å². The molecule has 2 unspecified atom stereocenters. The van der Waals surface area contributed by atoms with Crippen molar-refractivity contribution >= 4 is 23.7 Å². The second-order valence-electron chi connectivity index (χ2n) is 11.5. The fourth-order valence-corrected chi connectivity index (χ4v) is 5.48. The molecule has 216 valence electrons. The molecular weight excluding hydrogens is 506 g/mol. The molecule has 0 bridgehead atoms. The molecule has 2 aromatic carbocycles. The Labute approximate surface area is 237 Å². The van der Waals surface area contributed by atoms with E-state index in [-0.39, 0.29) is 24.2 Å². The molecule has 0 radical (unpaired) electrons. The number of carbonyl (C=O) groups is 4. The molecule has 0 spiro atoms. The minimum absolute atomic E-state index is 0.137. The Hall–Kier alpha value is -3.68. The summed E-state index contributed by atoms with van der Waals surface area (Å²) in [5.74, 6) is -1.75. The quantitative estimate of drug-likeness (QED) is 0.317. The summed E-state index contributed by atoms with van der Waals surface area (Å²) in [6.45, 7) is 8.11. The van der Waals surface area contributed by atoms with Gasteiger partial charge in [-0.25, -0.2) is 4.79 Å². The highest BCUT2D eigenvalue weighted by Crippen LogP contribution is 2.37. The van der Waals surface area contributed by atoms with Crippen molar-refractivity contribution in [3.05, 3.63) is 71.8 Å². The average molecular weight is 550 g/mol. The number of carbonyl (C=O) groups excluding carboxylic acids is 3. The summed E-state index contributed by atoms with van der Waals surface area (Å²) < 4.78 is 0. The number of likely N-dealkylation sites (tertiary alicyclic amines) is 1.